The van der Waals surface area contributed by atoms with Crippen LogP contribution in [-0.4, -0.2) is 22.9 Å². The SMILES string of the molecule is O=C(CSc1nc2ccccc2s1)N/N=C/c1c(OCc2ccc(F)cc2)ccc2ccccc12. The summed E-state index contributed by atoms with van der Waals surface area (Å²) in [5, 5.41) is 6.17. The molecule has 0 unspecified atom stereocenters. The summed E-state index contributed by atoms with van der Waals surface area (Å²) in [7, 11) is 0. The molecule has 0 spiro atoms. The lowest BCUT2D eigenvalue weighted by atomic mass is 10.0. The highest BCUT2D eigenvalue weighted by molar-refractivity contribution is 8.01. The van der Waals surface area contributed by atoms with Crippen LogP contribution in [0.5, 0.6) is 5.75 Å². The molecule has 1 heterocycles. The number of thiazole rings is 1. The van der Waals surface area contributed by atoms with Crippen LogP contribution in [0, 0.1) is 5.82 Å². The largest absolute Gasteiger partial charge is 0.488 e. The Morgan fingerprint density at radius 3 is 2.69 bits per heavy atom. The Balaban J connectivity index is 1.27. The van der Waals surface area contributed by atoms with E-state index < -0.39 is 0 Å². The van der Waals surface area contributed by atoms with E-state index in [1.54, 1.807) is 29.7 Å². The zero-order valence-corrected chi connectivity index (χ0v) is 20.1. The van der Waals surface area contributed by atoms with Gasteiger partial charge in [-0.15, -0.1) is 11.3 Å². The molecule has 1 N–H and O–H groups in total. The monoisotopic (exact) mass is 501 g/mol. The molecule has 174 valence electrons. The molecule has 0 radical (unpaired) electrons. The quantitative estimate of drug-likeness (QED) is 0.152. The Labute approximate surface area is 209 Å². The van der Waals surface area contributed by atoms with Crippen molar-refractivity contribution in [3.63, 3.8) is 0 Å². The number of nitrogens with one attached hydrogen (secondary N) is 1. The van der Waals surface area contributed by atoms with Gasteiger partial charge in [0.05, 0.1) is 22.2 Å². The summed E-state index contributed by atoms with van der Waals surface area (Å²) in [5.41, 5.74) is 5.13. The number of fused-ring (bicyclic) bond motifs is 2. The second-order valence-electron chi connectivity index (χ2n) is 7.64. The molecular formula is C27H20FN3O2S2. The van der Waals surface area contributed by atoms with E-state index in [-0.39, 0.29) is 24.1 Å². The molecule has 0 atom stereocenters. The molecule has 0 aliphatic rings. The van der Waals surface area contributed by atoms with Crippen molar-refractivity contribution in [1.29, 1.82) is 0 Å². The van der Waals surface area contributed by atoms with E-state index in [9.17, 15) is 9.18 Å². The summed E-state index contributed by atoms with van der Waals surface area (Å²) in [5.74, 6) is 0.319. The Morgan fingerprint density at radius 2 is 1.83 bits per heavy atom. The summed E-state index contributed by atoms with van der Waals surface area (Å²) in [6.45, 7) is 0.282. The molecule has 0 aliphatic heterocycles. The van der Waals surface area contributed by atoms with Crippen LogP contribution in [0.3, 0.4) is 0 Å². The predicted octanol–water partition coefficient (Wildman–Crippen LogP) is 6.41. The van der Waals surface area contributed by atoms with E-state index in [2.05, 4.69) is 15.5 Å². The molecule has 8 heteroatoms. The number of benzene rings is 4. The first kappa shape index (κ1) is 23.0. The highest BCUT2D eigenvalue weighted by Gasteiger charge is 2.10. The average molecular weight is 502 g/mol. The van der Waals surface area contributed by atoms with Crippen molar-refractivity contribution < 1.29 is 13.9 Å². The number of carbonyl (C=O) groups is 1. The smallest absolute Gasteiger partial charge is 0.250 e. The third kappa shape index (κ3) is 5.67. The van der Waals surface area contributed by atoms with Crippen molar-refractivity contribution in [2.75, 3.05) is 5.75 Å². The van der Waals surface area contributed by atoms with Crippen molar-refractivity contribution in [3.05, 3.63) is 102 Å². The number of para-hydroxylation sites is 1. The molecule has 0 aliphatic carbocycles. The minimum atomic E-state index is -0.288. The predicted molar refractivity (Wildman–Crippen MR) is 141 cm³/mol. The summed E-state index contributed by atoms with van der Waals surface area (Å²) >= 11 is 2.95. The molecule has 5 aromatic rings. The number of nitrogens with zero attached hydrogens (tertiary/aromatic N) is 2. The number of halogens is 1. The standard InChI is InChI=1S/C27H20FN3O2S2/c28-20-12-9-18(10-13-20)16-33-24-14-11-19-5-1-2-6-21(19)22(24)15-29-31-26(32)17-34-27-30-23-7-3-4-8-25(23)35-27/h1-15H,16-17H2,(H,31,32)/b29-15+. The van der Waals surface area contributed by atoms with Crippen LogP contribution in [-0.2, 0) is 11.4 Å². The van der Waals surface area contributed by atoms with Crippen LogP contribution in [0.2, 0.25) is 0 Å². The Bertz CT molecular complexity index is 1480. The molecule has 0 bridgehead atoms. The van der Waals surface area contributed by atoms with Gasteiger partial charge in [0.2, 0.25) is 0 Å². The van der Waals surface area contributed by atoms with Crippen LogP contribution >= 0.6 is 23.1 Å². The van der Waals surface area contributed by atoms with Gasteiger partial charge in [-0.3, -0.25) is 4.79 Å². The van der Waals surface area contributed by atoms with E-state index in [1.165, 1.54) is 23.9 Å². The van der Waals surface area contributed by atoms with Gasteiger partial charge in [-0.25, -0.2) is 14.8 Å². The van der Waals surface area contributed by atoms with Gasteiger partial charge in [0.15, 0.2) is 4.34 Å². The van der Waals surface area contributed by atoms with Gasteiger partial charge in [0, 0.05) is 5.56 Å². The fraction of sp³-hybridized carbons (Fsp3) is 0.0741. The number of thioether (sulfide) groups is 1. The number of hydrazone groups is 1. The third-order valence-corrected chi connectivity index (χ3v) is 7.40. The van der Waals surface area contributed by atoms with Gasteiger partial charge in [0.25, 0.3) is 5.91 Å². The normalized spacial score (nSPS) is 11.3. The van der Waals surface area contributed by atoms with Crippen LogP contribution in [0.15, 0.2) is 94.4 Å². The lowest BCUT2D eigenvalue weighted by molar-refractivity contribution is -0.118. The fourth-order valence-electron chi connectivity index (χ4n) is 3.52. The molecule has 1 aromatic heterocycles. The summed E-state index contributed by atoms with van der Waals surface area (Å²) in [6.07, 6.45) is 1.60. The topological polar surface area (TPSA) is 63.6 Å². The molecule has 0 saturated heterocycles. The zero-order chi connectivity index (χ0) is 24.0. The van der Waals surface area contributed by atoms with Crippen LogP contribution in [0.1, 0.15) is 11.1 Å². The van der Waals surface area contributed by atoms with E-state index in [0.717, 1.165) is 36.5 Å². The Kier molecular flexibility index (Phi) is 7.02. The van der Waals surface area contributed by atoms with Gasteiger partial charge in [-0.05, 0) is 46.7 Å². The van der Waals surface area contributed by atoms with Crippen LogP contribution < -0.4 is 10.2 Å². The molecule has 5 nitrogen and oxygen atoms in total. The Hall–Kier alpha value is -3.75. The minimum Gasteiger partial charge on any atom is -0.488 e. The Morgan fingerprint density at radius 1 is 1.03 bits per heavy atom. The van der Waals surface area contributed by atoms with E-state index in [0.29, 0.717) is 5.75 Å². The van der Waals surface area contributed by atoms with E-state index in [1.807, 2.05) is 60.7 Å². The second-order valence-corrected chi connectivity index (χ2v) is 9.90. The molecule has 5 rings (SSSR count). The zero-order valence-electron chi connectivity index (χ0n) is 18.5. The van der Waals surface area contributed by atoms with Crippen molar-refractivity contribution in [2.24, 2.45) is 5.10 Å². The van der Waals surface area contributed by atoms with Gasteiger partial charge in [-0.2, -0.15) is 5.10 Å². The van der Waals surface area contributed by atoms with Gasteiger partial charge < -0.3 is 4.74 Å². The molecule has 0 saturated carbocycles. The van der Waals surface area contributed by atoms with Crippen molar-refractivity contribution in [3.8, 4) is 5.75 Å². The lowest BCUT2D eigenvalue weighted by Gasteiger charge is -2.12. The summed E-state index contributed by atoms with van der Waals surface area (Å²) in [6, 6.07) is 25.8. The first-order valence-corrected chi connectivity index (χ1v) is 12.7. The molecule has 1 amide bonds. The maximum atomic E-state index is 13.2. The number of amides is 1. The first-order valence-electron chi connectivity index (χ1n) is 10.8. The van der Waals surface area contributed by atoms with Crippen LogP contribution in [0.4, 0.5) is 4.39 Å². The number of aromatic nitrogens is 1. The minimum absolute atomic E-state index is 0.209. The molecule has 4 aromatic carbocycles. The van der Waals surface area contributed by atoms with Gasteiger partial charge in [0.1, 0.15) is 18.2 Å². The lowest BCUT2D eigenvalue weighted by Crippen LogP contribution is -2.19. The molecular weight excluding hydrogens is 481 g/mol. The average Bonchev–Trinajstić information content (AvgIpc) is 3.31. The van der Waals surface area contributed by atoms with Gasteiger partial charge >= 0.3 is 0 Å². The second kappa shape index (κ2) is 10.7. The van der Waals surface area contributed by atoms with Gasteiger partial charge in [-0.1, -0.05) is 66.4 Å². The first-order chi connectivity index (χ1) is 17.2. The molecule has 35 heavy (non-hydrogen) atoms. The summed E-state index contributed by atoms with van der Waals surface area (Å²) in [4.78, 5) is 16.9. The van der Waals surface area contributed by atoms with E-state index >= 15 is 0 Å². The van der Waals surface area contributed by atoms with Crippen molar-refractivity contribution in [1.82, 2.24) is 10.4 Å². The summed E-state index contributed by atoms with van der Waals surface area (Å²) < 4.78 is 21.2. The van der Waals surface area contributed by atoms with Crippen molar-refractivity contribution in [2.45, 2.75) is 10.9 Å². The number of rotatable bonds is 8. The number of hydrogen-bond acceptors (Lipinski definition) is 6. The third-order valence-electron chi connectivity index (χ3n) is 5.22. The highest BCUT2D eigenvalue weighted by atomic mass is 32.2. The highest BCUT2D eigenvalue weighted by Crippen LogP contribution is 2.29. The van der Waals surface area contributed by atoms with Crippen LogP contribution in [0.25, 0.3) is 21.0 Å². The van der Waals surface area contributed by atoms with Crippen molar-refractivity contribution >= 4 is 56.2 Å². The maximum Gasteiger partial charge on any atom is 0.250 e. The van der Waals surface area contributed by atoms with E-state index in [4.69, 9.17) is 4.74 Å². The number of carbonyl (C=O) groups excluding carboxylic acids is 1. The number of hydrogen-bond donors (Lipinski definition) is 1. The maximum absolute atomic E-state index is 13.2. The molecule has 0 fully saturated rings. The fourth-order valence-corrected chi connectivity index (χ4v) is 5.38. The number of ether oxygens (including phenoxy) is 1.